The summed E-state index contributed by atoms with van der Waals surface area (Å²) >= 11 is 0. The summed E-state index contributed by atoms with van der Waals surface area (Å²) in [5, 5.41) is 9.79. The van der Waals surface area contributed by atoms with Crippen LogP contribution in [0.5, 0.6) is 11.5 Å². The number of aliphatic hydroxyl groups excluding tert-OH is 1. The van der Waals surface area contributed by atoms with Gasteiger partial charge >= 0.3 is 0 Å². The van der Waals surface area contributed by atoms with Gasteiger partial charge in [0.05, 0.1) is 12.7 Å². The Morgan fingerprint density at radius 1 is 1.00 bits per heavy atom. The second-order valence-electron chi connectivity index (χ2n) is 5.87. The number of benzene rings is 1. The molecule has 2 heterocycles. The molecule has 0 aliphatic carbocycles. The molecule has 1 unspecified atom stereocenters. The minimum atomic E-state index is -0.398. The smallest absolute Gasteiger partial charge is 0.231 e. The van der Waals surface area contributed by atoms with Crippen molar-refractivity contribution in [1.82, 2.24) is 9.80 Å². The molecule has 1 N–H and O–H groups in total. The molecule has 26 heavy (non-hydrogen) atoms. The molecule has 0 aromatic heterocycles. The van der Waals surface area contributed by atoms with Crippen molar-refractivity contribution in [3.8, 4) is 11.5 Å². The Kier molecular flexibility index (Phi) is 11.3. The van der Waals surface area contributed by atoms with Crippen LogP contribution in [0.25, 0.3) is 0 Å². The van der Waals surface area contributed by atoms with Gasteiger partial charge in [-0.3, -0.25) is 9.80 Å². The quantitative estimate of drug-likeness (QED) is 0.833. The number of methoxy groups -OCH3 is 1. The van der Waals surface area contributed by atoms with Gasteiger partial charge in [-0.2, -0.15) is 0 Å². The van der Waals surface area contributed by atoms with E-state index in [9.17, 15) is 5.11 Å². The van der Waals surface area contributed by atoms with E-state index in [0.717, 1.165) is 44.2 Å². The maximum atomic E-state index is 9.79. The van der Waals surface area contributed by atoms with Crippen molar-refractivity contribution in [3.05, 3.63) is 23.8 Å². The molecule has 2 aliphatic heterocycles. The van der Waals surface area contributed by atoms with Gasteiger partial charge in [0.25, 0.3) is 0 Å². The zero-order valence-electron chi connectivity index (χ0n) is 17.0. The van der Waals surface area contributed by atoms with E-state index in [0.29, 0.717) is 19.9 Å². The van der Waals surface area contributed by atoms with E-state index in [-0.39, 0.29) is 0 Å². The number of ether oxygens (including phenoxy) is 3. The van der Waals surface area contributed by atoms with Crippen molar-refractivity contribution in [2.24, 2.45) is 0 Å². The van der Waals surface area contributed by atoms with Gasteiger partial charge in [-0.15, -0.1) is 0 Å². The highest BCUT2D eigenvalue weighted by Gasteiger charge is 2.20. The van der Waals surface area contributed by atoms with E-state index in [1.54, 1.807) is 7.11 Å². The van der Waals surface area contributed by atoms with E-state index in [1.165, 1.54) is 5.56 Å². The molecule has 0 bridgehead atoms. The molecule has 1 fully saturated rings. The summed E-state index contributed by atoms with van der Waals surface area (Å²) in [5.74, 6) is 1.68. The largest absolute Gasteiger partial charge is 0.454 e. The molecule has 1 aromatic rings. The average molecular weight is 369 g/mol. The van der Waals surface area contributed by atoms with Gasteiger partial charge in [0.2, 0.25) is 6.79 Å². The van der Waals surface area contributed by atoms with E-state index >= 15 is 0 Å². The number of piperazine rings is 1. The molecular formula is C20H36N2O4. The lowest BCUT2D eigenvalue weighted by molar-refractivity contribution is 0.0230. The fourth-order valence-electron chi connectivity index (χ4n) is 2.97. The van der Waals surface area contributed by atoms with Crippen LogP contribution in [0.2, 0.25) is 0 Å². The van der Waals surface area contributed by atoms with Crippen molar-refractivity contribution in [2.75, 3.05) is 53.2 Å². The normalized spacial score (nSPS) is 17.6. The standard InChI is InChI=1S/C16H24N2O4.2C2H6/c1-20-11-14(19)10-18-6-4-17(5-7-18)9-13-2-3-15-16(8-13)22-12-21-15;2*1-2/h2-3,8,14,19H,4-7,9-12H2,1H3;2*1-2H3. The maximum Gasteiger partial charge on any atom is 0.231 e. The van der Waals surface area contributed by atoms with Crippen LogP contribution in [-0.4, -0.2) is 74.2 Å². The highest BCUT2D eigenvalue weighted by molar-refractivity contribution is 5.44. The van der Waals surface area contributed by atoms with Crippen LogP contribution < -0.4 is 9.47 Å². The fourth-order valence-corrected chi connectivity index (χ4v) is 2.97. The molecule has 0 saturated carbocycles. The van der Waals surface area contributed by atoms with E-state index in [2.05, 4.69) is 21.9 Å². The topological polar surface area (TPSA) is 54.4 Å². The van der Waals surface area contributed by atoms with Crippen molar-refractivity contribution >= 4 is 0 Å². The van der Waals surface area contributed by atoms with Crippen molar-refractivity contribution < 1.29 is 19.3 Å². The van der Waals surface area contributed by atoms with Crippen LogP contribution in [0, 0.1) is 0 Å². The minimum Gasteiger partial charge on any atom is -0.454 e. The Bertz CT molecular complexity index is 491. The Balaban J connectivity index is 0.000000791. The van der Waals surface area contributed by atoms with Crippen LogP contribution >= 0.6 is 0 Å². The second kappa shape index (κ2) is 12.9. The number of rotatable bonds is 6. The molecule has 0 radical (unpaired) electrons. The Morgan fingerprint density at radius 2 is 1.62 bits per heavy atom. The molecule has 1 saturated heterocycles. The number of nitrogens with zero attached hydrogens (tertiary/aromatic N) is 2. The number of hydrogen-bond donors (Lipinski definition) is 1. The highest BCUT2D eigenvalue weighted by Crippen LogP contribution is 2.32. The van der Waals surface area contributed by atoms with Crippen LogP contribution in [0.15, 0.2) is 18.2 Å². The third kappa shape index (κ3) is 7.11. The van der Waals surface area contributed by atoms with Crippen LogP contribution in [-0.2, 0) is 11.3 Å². The van der Waals surface area contributed by atoms with Gasteiger partial charge in [-0.25, -0.2) is 0 Å². The lowest BCUT2D eigenvalue weighted by Gasteiger charge is -2.35. The first-order valence-corrected chi connectivity index (χ1v) is 9.75. The first-order valence-electron chi connectivity index (χ1n) is 9.75. The molecule has 3 rings (SSSR count). The molecule has 0 spiro atoms. The summed E-state index contributed by atoms with van der Waals surface area (Å²) in [5.41, 5.74) is 1.25. The first-order chi connectivity index (χ1) is 12.7. The first kappa shape index (κ1) is 22.7. The summed E-state index contributed by atoms with van der Waals surface area (Å²) in [4.78, 5) is 4.72. The number of hydrogen-bond acceptors (Lipinski definition) is 6. The third-order valence-corrected chi connectivity index (χ3v) is 4.14. The summed E-state index contributed by atoms with van der Waals surface area (Å²) in [6.45, 7) is 14.3. The van der Waals surface area contributed by atoms with Gasteiger partial charge in [0.1, 0.15) is 0 Å². The van der Waals surface area contributed by atoms with Crippen LogP contribution in [0.3, 0.4) is 0 Å². The Hall–Kier alpha value is -1.34. The van der Waals surface area contributed by atoms with Gasteiger partial charge in [0, 0.05) is 46.4 Å². The lowest BCUT2D eigenvalue weighted by atomic mass is 10.1. The average Bonchev–Trinajstić information content (AvgIpc) is 3.15. The maximum absolute atomic E-state index is 9.79. The van der Waals surface area contributed by atoms with Gasteiger partial charge in [-0.05, 0) is 17.7 Å². The number of fused-ring (bicyclic) bond motifs is 1. The zero-order valence-corrected chi connectivity index (χ0v) is 17.0. The predicted molar refractivity (Wildman–Crippen MR) is 105 cm³/mol. The number of β-amino-alcohol motifs (C(OH)–C–C–N with tert-alkyl or cyclic N) is 1. The molecule has 2 aliphatic rings. The summed E-state index contributed by atoms with van der Waals surface area (Å²) in [7, 11) is 1.62. The zero-order chi connectivity index (χ0) is 19.4. The van der Waals surface area contributed by atoms with Crippen LogP contribution in [0.4, 0.5) is 0 Å². The van der Waals surface area contributed by atoms with E-state index in [4.69, 9.17) is 14.2 Å². The SMILES string of the molecule is CC.CC.COCC(O)CN1CCN(Cc2ccc3c(c2)OCO3)CC1. The lowest BCUT2D eigenvalue weighted by Crippen LogP contribution is -2.48. The van der Waals surface area contributed by atoms with Crippen LogP contribution in [0.1, 0.15) is 33.3 Å². The van der Waals surface area contributed by atoms with Crippen molar-refractivity contribution in [2.45, 2.75) is 40.3 Å². The van der Waals surface area contributed by atoms with Crippen molar-refractivity contribution in [1.29, 1.82) is 0 Å². The van der Waals surface area contributed by atoms with Crippen molar-refractivity contribution in [3.63, 3.8) is 0 Å². The summed E-state index contributed by atoms with van der Waals surface area (Å²) in [6.07, 6.45) is -0.398. The fraction of sp³-hybridized carbons (Fsp3) is 0.700. The molecule has 1 aromatic carbocycles. The highest BCUT2D eigenvalue weighted by atomic mass is 16.7. The Labute approximate surface area is 158 Å². The monoisotopic (exact) mass is 368 g/mol. The second-order valence-corrected chi connectivity index (χ2v) is 5.87. The van der Waals surface area contributed by atoms with Gasteiger partial charge in [-0.1, -0.05) is 33.8 Å². The van der Waals surface area contributed by atoms with E-state index < -0.39 is 6.10 Å². The van der Waals surface area contributed by atoms with E-state index in [1.807, 2.05) is 33.8 Å². The molecular weight excluding hydrogens is 332 g/mol. The molecule has 0 amide bonds. The summed E-state index contributed by atoms with van der Waals surface area (Å²) in [6, 6.07) is 6.15. The van der Waals surface area contributed by atoms with Gasteiger partial charge in [0.15, 0.2) is 11.5 Å². The molecule has 6 nitrogen and oxygen atoms in total. The predicted octanol–water partition coefficient (Wildman–Crippen LogP) is 2.59. The molecule has 150 valence electrons. The third-order valence-electron chi connectivity index (χ3n) is 4.14. The Morgan fingerprint density at radius 3 is 2.27 bits per heavy atom. The minimum absolute atomic E-state index is 0.321. The summed E-state index contributed by atoms with van der Waals surface area (Å²) < 4.78 is 15.7. The number of aliphatic hydroxyl groups is 1. The molecule has 1 atom stereocenters. The molecule has 6 heteroatoms. The van der Waals surface area contributed by atoms with Gasteiger partial charge < -0.3 is 19.3 Å².